The molecule has 0 spiro atoms. The molecule has 18 heavy (non-hydrogen) atoms. The zero-order chi connectivity index (χ0) is 13.0. The number of ether oxygens (including phenoxy) is 1. The number of benzene rings is 1. The van der Waals surface area contributed by atoms with E-state index < -0.39 is 0 Å². The molecule has 1 aliphatic rings. The van der Waals surface area contributed by atoms with Gasteiger partial charge >= 0.3 is 0 Å². The van der Waals surface area contributed by atoms with E-state index in [1.54, 1.807) is 0 Å². The molecule has 0 saturated carbocycles. The predicted octanol–water partition coefficient (Wildman–Crippen LogP) is 1.40. The zero-order valence-electron chi connectivity index (χ0n) is 10.8. The third-order valence-electron chi connectivity index (χ3n) is 3.47. The molecule has 2 rings (SSSR count). The number of nitrogens with zero attached hydrogens (tertiary/aromatic N) is 1. The Morgan fingerprint density at radius 1 is 1.44 bits per heavy atom. The molecule has 0 radical (unpaired) electrons. The highest BCUT2D eigenvalue weighted by molar-refractivity contribution is 5.94. The highest BCUT2D eigenvalue weighted by atomic mass is 16.5. The van der Waals surface area contributed by atoms with Crippen LogP contribution in [0.15, 0.2) is 24.3 Å². The average Bonchev–Trinajstić information content (AvgIpc) is 2.46. The average molecular weight is 248 g/mol. The zero-order valence-corrected chi connectivity index (χ0v) is 10.8. The Morgan fingerprint density at radius 2 is 2.17 bits per heavy atom. The highest BCUT2D eigenvalue weighted by Crippen LogP contribution is 2.16. The summed E-state index contributed by atoms with van der Waals surface area (Å²) in [6.07, 6.45) is 1.83. The molecule has 1 saturated heterocycles. The van der Waals surface area contributed by atoms with E-state index in [-0.39, 0.29) is 11.9 Å². The van der Waals surface area contributed by atoms with Crippen molar-refractivity contribution in [1.82, 2.24) is 4.90 Å². The van der Waals surface area contributed by atoms with Gasteiger partial charge in [0.1, 0.15) is 0 Å². The van der Waals surface area contributed by atoms with E-state index in [0.717, 1.165) is 31.6 Å². The summed E-state index contributed by atoms with van der Waals surface area (Å²) >= 11 is 0. The Hall–Kier alpha value is -1.39. The van der Waals surface area contributed by atoms with Gasteiger partial charge in [0.05, 0.1) is 0 Å². The summed E-state index contributed by atoms with van der Waals surface area (Å²) in [4.78, 5) is 14.2. The van der Waals surface area contributed by atoms with Crippen LogP contribution in [0, 0.1) is 0 Å². The lowest BCUT2D eigenvalue weighted by atomic mass is 10.1. The van der Waals surface area contributed by atoms with Gasteiger partial charge in [0.2, 0.25) is 0 Å². The maximum absolute atomic E-state index is 12.4. The summed E-state index contributed by atoms with van der Waals surface area (Å²) in [5, 5.41) is 0. The van der Waals surface area contributed by atoms with Crippen LogP contribution in [-0.2, 0) is 11.3 Å². The first-order valence-corrected chi connectivity index (χ1v) is 6.36. The summed E-state index contributed by atoms with van der Waals surface area (Å²) in [6, 6.07) is 7.82. The molecule has 1 aromatic rings. The van der Waals surface area contributed by atoms with Crippen molar-refractivity contribution in [2.45, 2.75) is 25.4 Å². The van der Waals surface area contributed by atoms with Crippen LogP contribution < -0.4 is 5.73 Å². The van der Waals surface area contributed by atoms with Crippen molar-refractivity contribution < 1.29 is 9.53 Å². The molecule has 1 heterocycles. The summed E-state index contributed by atoms with van der Waals surface area (Å²) in [6.45, 7) is 1.94. The Balaban J connectivity index is 2.09. The molecule has 98 valence electrons. The molecule has 1 aromatic carbocycles. The number of hydrogen-bond acceptors (Lipinski definition) is 3. The lowest BCUT2D eigenvalue weighted by molar-refractivity contribution is 0.0362. The van der Waals surface area contributed by atoms with Crippen LogP contribution in [0.3, 0.4) is 0 Å². The van der Waals surface area contributed by atoms with Crippen molar-refractivity contribution >= 4 is 5.91 Å². The molecular formula is C14H20N2O2. The van der Waals surface area contributed by atoms with Crippen molar-refractivity contribution in [3.05, 3.63) is 35.4 Å². The molecule has 0 bridgehead atoms. The van der Waals surface area contributed by atoms with Gasteiger partial charge in [0, 0.05) is 38.4 Å². The quantitative estimate of drug-likeness (QED) is 0.879. The summed E-state index contributed by atoms with van der Waals surface area (Å²) in [7, 11) is 1.87. The van der Waals surface area contributed by atoms with Crippen LogP contribution in [-0.4, -0.2) is 37.1 Å². The molecule has 4 nitrogen and oxygen atoms in total. The molecule has 4 heteroatoms. The third kappa shape index (κ3) is 2.89. The maximum atomic E-state index is 12.4. The van der Waals surface area contributed by atoms with Crippen molar-refractivity contribution in [3.63, 3.8) is 0 Å². The van der Waals surface area contributed by atoms with E-state index in [9.17, 15) is 4.79 Å². The number of nitrogens with two attached hydrogens (primary N) is 1. The van der Waals surface area contributed by atoms with Crippen LogP contribution in [0.1, 0.15) is 28.8 Å². The second-order valence-corrected chi connectivity index (χ2v) is 4.66. The standard InChI is InChI=1S/C14H20N2O2/c1-16(13-5-7-18-8-6-13)14(17)12-4-2-3-11(9-12)10-15/h2-4,9,13H,5-8,10,15H2,1H3. The lowest BCUT2D eigenvalue weighted by Gasteiger charge is -2.31. The van der Waals surface area contributed by atoms with Gasteiger partial charge in [0.15, 0.2) is 0 Å². The SMILES string of the molecule is CN(C(=O)c1cccc(CN)c1)C1CCOCC1. The number of amides is 1. The maximum Gasteiger partial charge on any atom is 0.253 e. The normalized spacial score (nSPS) is 16.6. The minimum absolute atomic E-state index is 0.0669. The van der Waals surface area contributed by atoms with Gasteiger partial charge in [-0.1, -0.05) is 12.1 Å². The number of carbonyl (C=O) groups excluding carboxylic acids is 1. The van der Waals surface area contributed by atoms with Gasteiger partial charge in [-0.15, -0.1) is 0 Å². The van der Waals surface area contributed by atoms with Crippen molar-refractivity contribution in [2.75, 3.05) is 20.3 Å². The van der Waals surface area contributed by atoms with Gasteiger partial charge < -0.3 is 15.4 Å². The fourth-order valence-electron chi connectivity index (χ4n) is 2.27. The van der Waals surface area contributed by atoms with E-state index in [4.69, 9.17) is 10.5 Å². The second kappa shape index (κ2) is 5.98. The molecule has 0 unspecified atom stereocenters. The van der Waals surface area contributed by atoms with Crippen LogP contribution in [0.25, 0.3) is 0 Å². The van der Waals surface area contributed by atoms with E-state index in [1.165, 1.54) is 0 Å². The molecule has 1 aliphatic heterocycles. The number of hydrogen-bond donors (Lipinski definition) is 1. The molecule has 0 atom stereocenters. The molecular weight excluding hydrogens is 228 g/mol. The monoisotopic (exact) mass is 248 g/mol. The van der Waals surface area contributed by atoms with Gasteiger partial charge in [-0.05, 0) is 30.5 Å². The summed E-state index contributed by atoms with van der Waals surface area (Å²) < 4.78 is 5.32. The van der Waals surface area contributed by atoms with Crippen molar-refractivity contribution in [3.8, 4) is 0 Å². The minimum atomic E-state index is 0.0669. The smallest absolute Gasteiger partial charge is 0.253 e. The minimum Gasteiger partial charge on any atom is -0.381 e. The Bertz CT molecular complexity index is 414. The predicted molar refractivity (Wildman–Crippen MR) is 70.3 cm³/mol. The Morgan fingerprint density at radius 3 is 2.83 bits per heavy atom. The van der Waals surface area contributed by atoms with Crippen LogP contribution in [0.5, 0.6) is 0 Å². The molecule has 2 N–H and O–H groups in total. The highest BCUT2D eigenvalue weighted by Gasteiger charge is 2.23. The molecule has 0 aliphatic carbocycles. The topological polar surface area (TPSA) is 55.6 Å². The number of rotatable bonds is 3. The summed E-state index contributed by atoms with van der Waals surface area (Å²) in [5.74, 6) is 0.0669. The van der Waals surface area contributed by atoms with Gasteiger partial charge in [0.25, 0.3) is 5.91 Å². The van der Waals surface area contributed by atoms with Gasteiger partial charge in [-0.3, -0.25) is 4.79 Å². The Kier molecular flexibility index (Phi) is 4.33. The van der Waals surface area contributed by atoms with Crippen molar-refractivity contribution in [1.29, 1.82) is 0 Å². The van der Waals surface area contributed by atoms with Gasteiger partial charge in [-0.25, -0.2) is 0 Å². The number of carbonyl (C=O) groups is 1. The van der Waals surface area contributed by atoms with Crippen molar-refractivity contribution in [2.24, 2.45) is 5.73 Å². The van der Waals surface area contributed by atoms with E-state index in [0.29, 0.717) is 12.1 Å². The summed E-state index contributed by atoms with van der Waals surface area (Å²) in [5.41, 5.74) is 7.30. The largest absolute Gasteiger partial charge is 0.381 e. The molecule has 0 aromatic heterocycles. The fraction of sp³-hybridized carbons (Fsp3) is 0.500. The molecule has 1 fully saturated rings. The van der Waals surface area contributed by atoms with E-state index in [2.05, 4.69) is 0 Å². The molecule has 1 amide bonds. The Labute approximate surface area is 108 Å². The second-order valence-electron chi connectivity index (χ2n) is 4.66. The first-order chi connectivity index (χ1) is 8.72. The van der Waals surface area contributed by atoms with Crippen LogP contribution in [0.4, 0.5) is 0 Å². The lowest BCUT2D eigenvalue weighted by Crippen LogP contribution is -2.40. The first kappa shape index (κ1) is 13.1. The van der Waals surface area contributed by atoms with Crippen LogP contribution >= 0.6 is 0 Å². The van der Waals surface area contributed by atoms with E-state index >= 15 is 0 Å². The first-order valence-electron chi connectivity index (χ1n) is 6.36. The van der Waals surface area contributed by atoms with E-state index in [1.807, 2.05) is 36.2 Å². The van der Waals surface area contributed by atoms with Gasteiger partial charge in [-0.2, -0.15) is 0 Å². The van der Waals surface area contributed by atoms with Crippen LogP contribution in [0.2, 0.25) is 0 Å². The fourth-order valence-corrected chi connectivity index (χ4v) is 2.27. The third-order valence-corrected chi connectivity index (χ3v) is 3.47.